The maximum absolute atomic E-state index is 15.2. The van der Waals surface area contributed by atoms with E-state index in [2.05, 4.69) is 10.3 Å². The molecule has 0 aliphatic heterocycles. The third kappa shape index (κ3) is 3.43. The summed E-state index contributed by atoms with van der Waals surface area (Å²) in [4.78, 5) is 17.2. The topological polar surface area (TPSA) is 81.1 Å². The molecule has 0 saturated carbocycles. The van der Waals surface area contributed by atoms with E-state index in [-0.39, 0.29) is 17.9 Å². The van der Waals surface area contributed by atoms with Gasteiger partial charge in [-0.05, 0) is 78.6 Å². The monoisotopic (exact) mass is 481 g/mol. The van der Waals surface area contributed by atoms with Gasteiger partial charge in [0.2, 0.25) is 0 Å². The number of anilines is 1. The molecule has 3 aromatic carbocycles. The average molecular weight is 482 g/mol. The van der Waals surface area contributed by atoms with Gasteiger partial charge in [-0.3, -0.25) is 4.79 Å². The van der Waals surface area contributed by atoms with Crippen molar-refractivity contribution < 1.29 is 18.0 Å². The van der Waals surface area contributed by atoms with Gasteiger partial charge in [-0.2, -0.15) is 0 Å². The molecule has 7 heteroatoms. The number of carbonyl (C=O) groups is 1. The second kappa shape index (κ2) is 8.02. The molecule has 3 aromatic heterocycles. The van der Waals surface area contributed by atoms with Crippen molar-refractivity contribution in [2.24, 2.45) is 0 Å². The number of hydrogen-bond acceptors (Lipinski definition) is 4. The lowest BCUT2D eigenvalue weighted by Gasteiger charge is -2.12. The molecular weight excluding hydrogens is 460 g/mol. The number of nitrogens with one attached hydrogen (secondary N) is 1. The molecule has 0 radical (unpaired) electrons. The predicted molar refractivity (Wildman–Crippen MR) is 137 cm³/mol. The van der Waals surface area contributed by atoms with Gasteiger partial charge in [-0.15, -0.1) is 0 Å². The molecule has 0 atom stereocenters. The van der Waals surface area contributed by atoms with E-state index < -0.39 is 11.7 Å². The third-order valence-electron chi connectivity index (χ3n) is 6.71. The normalized spacial score (nSPS) is 11.7. The van der Waals surface area contributed by atoms with Gasteiger partial charge in [0, 0.05) is 34.0 Å². The number of nitrogen functional groups attached to an aromatic ring is 1. The number of nitrogens with two attached hydrogens (primary N) is 1. The molecule has 5 nitrogen and oxygen atoms in total. The zero-order chi connectivity index (χ0) is 25.1. The van der Waals surface area contributed by atoms with Gasteiger partial charge in [-0.1, -0.05) is 18.2 Å². The fourth-order valence-electron chi connectivity index (χ4n) is 4.92. The van der Waals surface area contributed by atoms with Gasteiger partial charge in [-0.25, -0.2) is 13.8 Å². The lowest BCUT2D eigenvalue weighted by Crippen LogP contribution is -2.24. The van der Waals surface area contributed by atoms with E-state index in [9.17, 15) is 9.18 Å². The minimum absolute atomic E-state index is 0.199. The Morgan fingerprint density at radius 1 is 0.917 bits per heavy atom. The number of hydrogen-bond donors (Lipinski definition) is 2. The van der Waals surface area contributed by atoms with E-state index in [0.29, 0.717) is 27.8 Å². The van der Waals surface area contributed by atoms with Crippen molar-refractivity contribution in [3.63, 3.8) is 0 Å². The number of carbonyl (C=O) groups excluding carboxylic acids is 1. The number of furan rings is 2. The zero-order valence-electron chi connectivity index (χ0n) is 19.6. The first kappa shape index (κ1) is 22.0. The Hall–Kier alpha value is -4.52. The molecule has 0 spiro atoms. The number of pyridine rings is 1. The van der Waals surface area contributed by atoms with Gasteiger partial charge in [0.1, 0.15) is 28.6 Å². The molecule has 0 aliphatic carbocycles. The van der Waals surface area contributed by atoms with Crippen LogP contribution in [0.2, 0.25) is 0 Å². The van der Waals surface area contributed by atoms with Crippen LogP contribution in [0, 0.1) is 25.5 Å². The van der Waals surface area contributed by atoms with Crippen molar-refractivity contribution in [2.45, 2.75) is 20.4 Å². The average Bonchev–Trinajstić information content (AvgIpc) is 3.41. The number of rotatable bonds is 4. The van der Waals surface area contributed by atoms with Crippen LogP contribution < -0.4 is 11.1 Å². The first-order valence-corrected chi connectivity index (χ1v) is 11.5. The number of halogens is 2. The van der Waals surface area contributed by atoms with E-state index in [0.717, 1.165) is 38.7 Å². The second-order valence-corrected chi connectivity index (χ2v) is 9.02. The standard InChI is InChI=1S/C29H21F2N3O2/c1-14-9-25(32)34-15(2)23(14)13-33-29(35)18-11-22-26(24(31)12-18)28-20-8-5-17(10-21(20)27(22)36-28)16-3-6-19(30)7-4-16/h3-12H,13H2,1-2H3,(H2,32,34)(H,33,35). The van der Waals surface area contributed by atoms with E-state index in [1.807, 2.05) is 32.0 Å². The molecule has 0 fully saturated rings. The van der Waals surface area contributed by atoms with E-state index >= 15 is 4.39 Å². The van der Waals surface area contributed by atoms with Crippen LogP contribution in [0.4, 0.5) is 14.6 Å². The summed E-state index contributed by atoms with van der Waals surface area (Å²) >= 11 is 0. The largest absolute Gasteiger partial charge is 0.455 e. The fourth-order valence-corrected chi connectivity index (χ4v) is 4.92. The summed E-state index contributed by atoms with van der Waals surface area (Å²) in [6, 6.07) is 16.6. The summed E-state index contributed by atoms with van der Waals surface area (Å²) in [6.07, 6.45) is 0. The van der Waals surface area contributed by atoms with E-state index in [4.69, 9.17) is 10.2 Å². The summed E-state index contributed by atoms with van der Waals surface area (Å²) in [5.74, 6) is -0.799. The summed E-state index contributed by atoms with van der Waals surface area (Å²) in [6.45, 7) is 3.98. The SMILES string of the molecule is Cc1cc(N)nc(C)c1CNC(=O)c1cc(F)c2c(c1)c1oc2c2ccc(-c3ccc(F)cc3)cc21. The smallest absolute Gasteiger partial charge is 0.251 e. The third-order valence-corrected chi connectivity index (χ3v) is 6.71. The molecule has 178 valence electrons. The minimum Gasteiger partial charge on any atom is -0.455 e. The van der Waals surface area contributed by atoms with Crippen LogP contribution in [0.1, 0.15) is 27.2 Å². The molecule has 0 saturated heterocycles. The Labute approximate surface area is 204 Å². The minimum atomic E-state index is -0.516. The molecule has 3 heterocycles. The number of nitrogens with zero attached hydrogens (tertiary/aromatic N) is 1. The van der Waals surface area contributed by atoms with E-state index in [1.165, 1.54) is 18.2 Å². The molecular formula is C29H21F2N3O2. The molecule has 6 rings (SSSR count). The van der Waals surface area contributed by atoms with Gasteiger partial charge in [0.25, 0.3) is 5.91 Å². The van der Waals surface area contributed by atoms with Crippen LogP contribution in [0.25, 0.3) is 43.8 Å². The van der Waals surface area contributed by atoms with Crippen LogP contribution >= 0.6 is 0 Å². The Balaban J connectivity index is 1.38. The highest BCUT2D eigenvalue weighted by Crippen LogP contribution is 2.43. The molecule has 2 bridgehead atoms. The van der Waals surface area contributed by atoms with E-state index in [1.54, 1.807) is 24.3 Å². The van der Waals surface area contributed by atoms with Crippen molar-refractivity contribution in [2.75, 3.05) is 5.73 Å². The maximum atomic E-state index is 15.2. The summed E-state index contributed by atoms with van der Waals surface area (Å²) < 4.78 is 34.6. The molecule has 6 aromatic rings. The van der Waals surface area contributed by atoms with Crippen LogP contribution in [0.5, 0.6) is 0 Å². The highest BCUT2D eigenvalue weighted by Gasteiger charge is 2.23. The highest BCUT2D eigenvalue weighted by atomic mass is 19.1. The fraction of sp³-hybridized carbons (Fsp3) is 0.103. The molecule has 36 heavy (non-hydrogen) atoms. The van der Waals surface area contributed by atoms with Gasteiger partial charge in [0.05, 0.1) is 5.39 Å². The first-order chi connectivity index (χ1) is 17.3. The van der Waals surface area contributed by atoms with Gasteiger partial charge < -0.3 is 15.5 Å². The lowest BCUT2D eigenvalue weighted by molar-refractivity contribution is 0.0950. The number of amides is 1. The molecule has 0 unspecified atom stereocenters. The molecule has 1 amide bonds. The second-order valence-electron chi connectivity index (χ2n) is 9.02. The van der Waals surface area contributed by atoms with Gasteiger partial charge >= 0.3 is 0 Å². The Bertz CT molecular complexity index is 1780. The molecule has 3 N–H and O–H groups in total. The van der Waals surface area contributed by atoms with Crippen molar-refractivity contribution in [3.8, 4) is 11.1 Å². The maximum Gasteiger partial charge on any atom is 0.251 e. The van der Waals surface area contributed by atoms with Gasteiger partial charge in [0.15, 0.2) is 0 Å². The quantitative estimate of drug-likeness (QED) is 0.276. The number of aromatic nitrogens is 1. The summed E-state index contributed by atoms with van der Waals surface area (Å²) in [5.41, 5.74) is 11.2. The van der Waals surface area contributed by atoms with Crippen LogP contribution in [0.15, 0.2) is 65.1 Å². The first-order valence-electron chi connectivity index (χ1n) is 11.5. The number of aryl methyl sites for hydroxylation is 2. The van der Waals surface area contributed by atoms with Crippen molar-refractivity contribution in [3.05, 3.63) is 94.7 Å². The number of fused-ring (bicyclic) bond motifs is 8. The van der Waals surface area contributed by atoms with Crippen LogP contribution in [0.3, 0.4) is 0 Å². The van der Waals surface area contributed by atoms with Crippen molar-refractivity contribution in [1.82, 2.24) is 10.3 Å². The highest BCUT2D eigenvalue weighted by molar-refractivity contribution is 6.26. The Morgan fingerprint density at radius 3 is 2.42 bits per heavy atom. The Kier molecular flexibility index (Phi) is 4.89. The van der Waals surface area contributed by atoms with Crippen molar-refractivity contribution >= 4 is 44.4 Å². The molecule has 0 aliphatic rings. The summed E-state index contributed by atoms with van der Waals surface area (Å²) in [7, 11) is 0. The van der Waals surface area contributed by atoms with Crippen LogP contribution in [-0.2, 0) is 6.54 Å². The Morgan fingerprint density at radius 2 is 1.67 bits per heavy atom. The zero-order valence-corrected chi connectivity index (χ0v) is 19.6. The summed E-state index contributed by atoms with van der Waals surface area (Å²) in [5, 5.41) is 5.37. The van der Waals surface area contributed by atoms with Crippen molar-refractivity contribution in [1.29, 1.82) is 0 Å². The lowest BCUT2D eigenvalue weighted by atomic mass is 9.97. The van der Waals surface area contributed by atoms with Crippen LogP contribution in [-0.4, -0.2) is 10.9 Å². The predicted octanol–water partition coefficient (Wildman–Crippen LogP) is 6.65. The number of benzene rings is 4.